The van der Waals surface area contributed by atoms with E-state index < -0.39 is 10.0 Å². The molecule has 0 bridgehead atoms. The van der Waals surface area contributed by atoms with Crippen molar-refractivity contribution in [1.82, 2.24) is 9.62 Å². The largest absolute Gasteiger partial charge is 0.379 e. The smallest absolute Gasteiger partial charge is 0.240 e. The van der Waals surface area contributed by atoms with Crippen LogP contribution in [0.25, 0.3) is 0 Å². The molecule has 0 amide bonds. The third-order valence-electron chi connectivity index (χ3n) is 5.69. The second kappa shape index (κ2) is 8.62. The van der Waals surface area contributed by atoms with E-state index in [9.17, 15) is 8.42 Å². The molecule has 0 spiro atoms. The predicted molar refractivity (Wildman–Crippen MR) is 115 cm³/mol. The summed E-state index contributed by atoms with van der Waals surface area (Å²) in [7, 11) is -1.51. The third-order valence-corrected chi connectivity index (χ3v) is 7.38. The van der Waals surface area contributed by atoms with E-state index in [0.29, 0.717) is 24.8 Å². The Morgan fingerprint density at radius 2 is 1.83 bits per heavy atom. The van der Waals surface area contributed by atoms with Crippen LogP contribution in [0.15, 0.2) is 47.4 Å². The van der Waals surface area contributed by atoms with Gasteiger partial charge in [-0.05, 0) is 47.9 Å². The Balaban J connectivity index is 1.57. The average Bonchev–Trinajstić information content (AvgIpc) is 3.09. The molecule has 0 radical (unpaired) electrons. The third kappa shape index (κ3) is 4.59. The molecule has 29 heavy (non-hydrogen) atoms. The highest BCUT2D eigenvalue weighted by Gasteiger charge is 2.27. The fourth-order valence-electron chi connectivity index (χ4n) is 4.03. The lowest BCUT2D eigenvalue weighted by molar-refractivity contribution is 0.0172. The zero-order valence-corrected chi connectivity index (χ0v) is 18.0. The minimum Gasteiger partial charge on any atom is -0.379 e. The Kier molecular flexibility index (Phi) is 6.13. The second-order valence-electron chi connectivity index (χ2n) is 7.53. The van der Waals surface area contributed by atoms with Gasteiger partial charge in [0.1, 0.15) is 0 Å². The Bertz CT molecular complexity index is 960. The zero-order chi connectivity index (χ0) is 20.4. The minimum atomic E-state index is -3.61. The number of sulfonamides is 1. The molecular weight excluding hydrogens is 410 g/mol. The van der Waals surface area contributed by atoms with Gasteiger partial charge in [-0.3, -0.25) is 4.90 Å². The molecule has 1 unspecified atom stereocenters. The van der Waals surface area contributed by atoms with Crippen molar-refractivity contribution in [3.05, 3.63) is 58.6 Å². The number of ether oxygens (including phenoxy) is 1. The van der Waals surface area contributed by atoms with Crippen LogP contribution in [0.2, 0.25) is 5.02 Å². The van der Waals surface area contributed by atoms with Gasteiger partial charge < -0.3 is 9.64 Å². The monoisotopic (exact) mass is 435 g/mol. The fraction of sp³-hybridized carbons (Fsp3) is 0.429. The summed E-state index contributed by atoms with van der Waals surface area (Å²) in [6.07, 6.45) is 1.02. The lowest BCUT2D eigenvalue weighted by atomic mass is 10.0. The van der Waals surface area contributed by atoms with Gasteiger partial charge in [0.15, 0.2) is 0 Å². The number of hydrogen-bond acceptors (Lipinski definition) is 5. The number of nitrogens with one attached hydrogen (secondary N) is 1. The van der Waals surface area contributed by atoms with Gasteiger partial charge in [-0.1, -0.05) is 23.7 Å². The number of anilines is 1. The lowest BCUT2D eigenvalue weighted by Gasteiger charge is -2.35. The highest BCUT2D eigenvalue weighted by molar-refractivity contribution is 7.89. The molecule has 2 aromatic carbocycles. The number of benzene rings is 2. The van der Waals surface area contributed by atoms with Gasteiger partial charge in [-0.2, -0.15) is 0 Å². The van der Waals surface area contributed by atoms with Crippen molar-refractivity contribution in [2.45, 2.75) is 17.4 Å². The Labute approximate surface area is 177 Å². The van der Waals surface area contributed by atoms with Gasteiger partial charge in [0.25, 0.3) is 0 Å². The van der Waals surface area contributed by atoms with Gasteiger partial charge in [0, 0.05) is 50.0 Å². The second-order valence-corrected chi connectivity index (χ2v) is 9.73. The summed E-state index contributed by atoms with van der Waals surface area (Å²) < 4.78 is 33.9. The molecule has 1 fully saturated rings. The number of halogens is 1. The first-order chi connectivity index (χ1) is 13.9. The van der Waals surface area contributed by atoms with Gasteiger partial charge in [0.2, 0.25) is 10.0 Å². The van der Waals surface area contributed by atoms with Crippen LogP contribution < -0.4 is 9.62 Å². The zero-order valence-electron chi connectivity index (χ0n) is 16.5. The highest BCUT2D eigenvalue weighted by Crippen LogP contribution is 2.31. The summed E-state index contributed by atoms with van der Waals surface area (Å²) in [4.78, 5) is 4.78. The summed E-state index contributed by atoms with van der Waals surface area (Å²) in [5.41, 5.74) is 3.72. The topological polar surface area (TPSA) is 61.9 Å². The number of nitrogens with zero attached hydrogens (tertiary/aromatic N) is 2. The van der Waals surface area contributed by atoms with E-state index in [-0.39, 0.29) is 10.9 Å². The maximum absolute atomic E-state index is 12.8. The predicted octanol–water partition coefficient (Wildman–Crippen LogP) is 2.68. The molecule has 2 aromatic rings. The van der Waals surface area contributed by atoms with Crippen molar-refractivity contribution in [3.63, 3.8) is 0 Å². The number of fused-ring (bicyclic) bond motifs is 1. The SMILES string of the molecule is CN1CCc2cc(C(CNS(=O)(=O)c3ccc(Cl)cc3)N3CCOCC3)ccc21. The van der Waals surface area contributed by atoms with Gasteiger partial charge in [-0.15, -0.1) is 0 Å². The molecule has 1 atom stereocenters. The molecule has 1 saturated heterocycles. The Morgan fingerprint density at radius 3 is 2.55 bits per heavy atom. The van der Waals surface area contributed by atoms with Crippen molar-refractivity contribution < 1.29 is 13.2 Å². The molecular formula is C21H26ClN3O3S. The molecule has 0 saturated carbocycles. The average molecular weight is 436 g/mol. The molecule has 6 nitrogen and oxygen atoms in total. The first-order valence-electron chi connectivity index (χ1n) is 9.85. The number of hydrogen-bond donors (Lipinski definition) is 1. The quantitative estimate of drug-likeness (QED) is 0.755. The maximum Gasteiger partial charge on any atom is 0.240 e. The number of likely N-dealkylation sites (N-methyl/N-ethyl adjacent to an activating group) is 1. The lowest BCUT2D eigenvalue weighted by Crippen LogP contribution is -2.43. The summed E-state index contributed by atoms with van der Waals surface area (Å²) in [6, 6.07) is 12.7. The van der Waals surface area contributed by atoms with Gasteiger partial charge in [-0.25, -0.2) is 13.1 Å². The van der Waals surface area contributed by atoms with E-state index in [2.05, 4.69) is 39.8 Å². The van der Waals surface area contributed by atoms with E-state index in [4.69, 9.17) is 16.3 Å². The van der Waals surface area contributed by atoms with Crippen LogP contribution in [0.1, 0.15) is 17.2 Å². The standard InChI is InChI=1S/C21H26ClN3O3S/c1-24-9-8-17-14-16(2-7-20(17)24)21(25-10-12-28-13-11-25)15-23-29(26,27)19-5-3-18(22)4-6-19/h2-7,14,21,23H,8-13,15H2,1H3. The number of rotatable bonds is 6. The van der Waals surface area contributed by atoms with Crippen LogP contribution in [0.4, 0.5) is 5.69 Å². The van der Waals surface area contributed by atoms with Crippen LogP contribution in [0.5, 0.6) is 0 Å². The molecule has 2 aliphatic rings. The van der Waals surface area contributed by atoms with Gasteiger partial charge >= 0.3 is 0 Å². The molecule has 156 valence electrons. The maximum atomic E-state index is 12.8. The van der Waals surface area contributed by atoms with Crippen LogP contribution in [0, 0.1) is 0 Å². The van der Waals surface area contributed by atoms with Crippen LogP contribution in [0.3, 0.4) is 0 Å². The summed E-state index contributed by atoms with van der Waals surface area (Å²) in [6.45, 7) is 4.21. The van der Waals surface area contributed by atoms with E-state index in [0.717, 1.165) is 31.6 Å². The van der Waals surface area contributed by atoms with Crippen molar-refractivity contribution in [1.29, 1.82) is 0 Å². The van der Waals surface area contributed by atoms with Crippen LogP contribution >= 0.6 is 11.6 Å². The minimum absolute atomic E-state index is 0.0443. The summed E-state index contributed by atoms with van der Waals surface area (Å²) >= 11 is 5.89. The van der Waals surface area contributed by atoms with E-state index >= 15 is 0 Å². The normalized spacial score (nSPS) is 18.6. The van der Waals surface area contributed by atoms with E-state index in [1.165, 1.54) is 23.4 Å². The van der Waals surface area contributed by atoms with Crippen molar-refractivity contribution >= 4 is 27.3 Å². The molecule has 8 heteroatoms. The van der Waals surface area contributed by atoms with E-state index in [1.807, 2.05) is 0 Å². The first kappa shape index (κ1) is 20.6. The molecule has 2 aliphatic heterocycles. The van der Waals surface area contributed by atoms with E-state index in [1.54, 1.807) is 12.1 Å². The fourth-order valence-corrected chi connectivity index (χ4v) is 5.19. The van der Waals surface area contributed by atoms with Crippen LogP contribution in [-0.2, 0) is 21.2 Å². The molecule has 0 aliphatic carbocycles. The Morgan fingerprint density at radius 1 is 1.10 bits per heavy atom. The summed E-state index contributed by atoms with van der Waals surface area (Å²) in [5, 5.41) is 0.512. The molecule has 1 N–H and O–H groups in total. The highest BCUT2D eigenvalue weighted by atomic mass is 35.5. The summed E-state index contributed by atoms with van der Waals surface area (Å²) in [5.74, 6) is 0. The van der Waals surface area contributed by atoms with Crippen molar-refractivity contribution in [2.24, 2.45) is 0 Å². The molecule has 4 rings (SSSR count). The van der Waals surface area contributed by atoms with Gasteiger partial charge in [0.05, 0.1) is 18.1 Å². The molecule has 0 aromatic heterocycles. The van der Waals surface area contributed by atoms with Crippen molar-refractivity contribution in [3.8, 4) is 0 Å². The first-order valence-corrected chi connectivity index (χ1v) is 11.7. The van der Waals surface area contributed by atoms with Crippen LogP contribution in [-0.4, -0.2) is 59.8 Å². The van der Waals surface area contributed by atoms with Crippen molar-refractivity contribution in [2.75, 3.05) is 51.3 Å². The molecule has 2 heterocycles. The Hall–Kier alpha value is -1.64. The number of morpholine rings is 1.